The summed E-state index contributed by atoms with van der Waals surface area (Å²) in [6, 6.07) is 8.27. The van der Waals surface area contributed by atoms with Gasteiger partial charge in [-0.1, -0.05) is 0 Å². The molecule has 1 heterocycles. The van der Waals surface area contributed by atoms with Gasteiger partial charge in [0.25, 0.3) is 10.0 Å². The molecular weight excluding hydrogens is 385 g/mol. The first kappa shape index (κ1) is 20.1. The van der Waals surface area contributed by atoms with Crippen LogP contribution in [0.25, 0.3) is 0 Å². The third-order valence-electron chi connectivity index (χ3n) is 4.52. The van der Waals surface area contributed by atoms with E-state index < -0.39 is 15.8 Å². The molecule has 2 aromatic rings. The summed E-state index contributed by atoms with van der Waals surface area (Å²) in [7, 11) is -2.28. The molecule has 0 unspecified atom stereocenters. The number of sulfonamides is 1. The van der Waals surface area contributed by atoms with Crippen LogP contribution in [0.2, 0.25) is 0 Å². The number of aryl methyl sites for hydroxylation is 1. The molecule has 2 N–H and O–H groups in total. The normalized spacial score (nSPS) is 13.3. The van der Waals surface area contributed by atoms with Crippen LogP contribution in [0, 0.1) is 12.7 Å². The van der Waals surface area contributed by atoms with Crippen LogP contribution in [0.1, 0.15) is 11.1 Å². The summed E-state index contributed by atoms with van der Waals surface area (Å²) in [5.74, 6) is -0.429. The molecule has 28 heavy (non-hydrogen) atoms. The summed E-state index contributed by atoms with van der Waals surface area (Å²) in [6.07, 6.45) is 0.561. The van der Waals surface area contributed by atoms with Crippen molar-refractivity contribution in [3.05, 3.63) is 53.3 Å². The molecule has 0 saturated carbocycles. The van der Waals surface area contributed by atoms with Crippen molar-refractivity contribution in [3.63, 3.8) is 0 Å². The van der Waals surface area contributed by atoms with Crippen molar-refractivity contribution in [1.29, 1.82) is 0 Å². The van der Waals surface area contributed by atoms with E-state index in [0.717, 1.165) is 5.56 Å². The maximum absolute atomic E-state index is 13.2. The highest BCUT2D eigenvalue weighted by molar-refractivity contribution is 7.92. The number of rotatable bonds is 6. The molecule has 0 atom stereocenters. The smallest absolute Gasteiger partial charge is 0.321 e. The van der Waals surface area contributed by atoms with E-state index in [1.165, 1.54) is 24.3 Å². The van der Waals surface area contributed by atoms with Gasteiger partial charge in [-0.2, -0.15) is 0 Å². The molecule has 150 valence electrons. The second-order valence-corrected chi connectivity index (χ2v) is 8.16. The van der Waals surface area contributed by atoms with Crippen LogP contribution in [-0.2, 0) is 21.2 Å². The van der Waals surface area contributed by atoms with Crippen molar-refractivity contribution in [2.45, 2.75) is 18.2 Å². The van der Waals surface area contributed by atoms with Gasteiger partial charge in [-0.25, -0.2) is 17.6 Å². The lowest BCUT2D eigenvalue weighted by molar-refractivity contribution is 0.197. The van der Waals surface area contributed by atoms with Crippen LogP contribution >= 0.6 is 0 Å². The van der Waals surface area contributed by atoms with E-state index in [2.05, 4.69) is 10.0 Å². The highest BCUT2D eigenvalue weighted by atomic mass is 32.2. The monoisotopic (exact) mass is 407 g/mol. The number of fused-ring (bicyclic) bond motifs is 1. The molecule has 2 aromatic carbocycles. The number of hydrogen-bond acceptors (Lipinski definition) is 4. The van der Waals surface area contributed by atoms with Gasteiger partial charge in [-0.3, -0.25) is 9.62 Å². The molecule has 9 heteroatoms. The summed E-state index contributed by atoms with van der Waals surface area (Å²) >= 11 is 0. The van der Waals surface area contributed by atoms with E-state index in [0.29, 0.717) is 43.1 Å². The maximum Gasteiger partial charge on any atom is 0.321 e. The Morgan fingerprint density at radius 1 is 1.25 bits per heavy atom. The molecule has 0 aromatic heterocycles. The number of nitrogens with one attached hydrogen (secondary N) is 2. The maximum atomic E-state index is 13.2. The zero-order chi connectivity index (χ0) is 20.3. The number of benzene rings is 2. The van der Waals surface area contributed by atoms with E-state index in [1.807, 2.05) is 0 Å². The predicted octanol–water partition coefficient (Wildman–Crippen LogP) is 2.65. The molecular formula is C19H22FN3O4S. The number of urea groups is 1. The summed E-state index contributed by atoms with van der Waals surface area (Å²) in [5.41, 5.74) is 2.28. The fourth-order valence-corrected chi connectivity index (χ4v) is 4.24. The van der Waals surface area contributed by atoms with Crippen LogP contribution < -0.4 is 14.9 Å². The van der Waals surface area contributed by atoms with Gasteiger partial charge in [-0.15, -0.1) is 0 Å². The van der Waals surface area contributed by atoms with E-state index in [9.17, 15) is 17.6 Å². The van der Waals surface area contributed by atoms with E-state index >= 15 is 0 Å². The summed E-state index contributed by atoms with van der Waals surface area (Å²) < 4.78 is 46.1. The lowest BCUT2D eigenvalue weighted by Crippen LogP contribution is -2.40. The van der Waals surface area contributed by atoms with Gasteiger partial charge in [0.2, 0.25) is 0 Å². The first-order chi connectivity index (χ1) is 13.3. The second kappa shape index (κ2) is 8.15. The van der Waals surface area contributed by atoms with Gasteiger partial charge in [0.1, 0.15) is 5.82 Å². The SMILES string of the molecule is COCCNC(=O)N1CCc2cc(S(=O)(=O)Nc3ccc(F)cc3C)ccc21. The lowest BCUT2D eigenvalue weighted by Gasteiger charge is -2.18. The number of halogens is 1. The Morgan fingerprint density at radius 2 is 2.04 bits per heavy atom. The molecule has 0 bridgehead atoms. The minimum Gasteiger partial charge on any atom is -0.383 e. The van der Waals surface area contributed by atoms with Gasteiger partial charge in [0, 0.05) is 25.9 Å². The van der Waals surface area contributed by atoms with Gasteiger partial charge >= 0.3 is 6.03 Å². The minimum absolute atomic E-state index is 0.0941. The van der Waals surface area contributed by atoms with Gasteiger partial charge < -0.3 is 10.1 Å². The summed E-state index contributed by atoms with van der Waals surface area (Å²) in [6.45, 7) is 2.92. The molecule has 0 spiro atoms. The average Bonchev–Trinajstić information content (AvgIpc) is 3.07. The van der Waals surface area contributed by atoms with Crippen LogP contribution in [0.15, 0.2) is 41.3 Å². The Bertz CT molecular complexity index is 995. The number of ether oxygens (including phenoxy) is 1. The van der Waals surface area contributed by atoms with Crippen LogP contribution in [0.5, 0.6) is 0 Å². The molecule has 0 saturated heterocycles. The van der Waals surface area contributed by atoms with Crippen molar-refractivity contribution in [2.24, 2.45) is 0 Å². The third kappa shape index (κ3) is 4.26. The Morgan fingerprint density at radius 3 is 2.75 bits per heavy atom. The average molecular weight is 407 g/mol. The van der Waals surface area contributed by atoms with Gasteiger partial charge in [-0.05, 0) is 60.9 Å². The quantitative estimate of drug-likeness (QED) is 0.721. The van der Waals surface area contributed by atoms with Crippen LogP contribution in [-0.4, -0.2) is 41.3 Å². The zero-order valence-corrected chi connectivity index (χ0v) is 16.5. The van der Waals surface area contributed by atoms with Crippen molar-refractivity contribution in [2.75, 3.05) is 36.4 Å². The van der Waals surface area contributed by atoms with Crippen LogP contribution in [0.4, 0.5) is 20.6 Å². The third-order valence-corrected chi connectivity index (χ3v) is 5.88. The number of anilines is 2. The molecule has 1 aliphatic heterocycles. The number of nitrogens with zero attached hydrogens (tertiary/aromatic N) is 1. The van der Waals surface area contributed by atoms with Crippen molar-refractivity contribution in [1.82, 2.24) is 5.32 Å². The Balaban J connectivity index is 1.79. The van der Waals surface area contributed by atoms with Crippen LogP contribution in [0.3, 0.4) is 0 Å². The van der Waals surface area contributed by atoms with E-state index in [1.54, 1.807) is 31.1 Å². The van der Waals surface area contributed by atoms with Gasteiger partial charge in [0.05, 0.1) is 17.2 Å². The molecule has 7 nitrogen and oxygen atoms in total. The summed E-state index contributed by atoms with van der Waals surface area (Å²) in [5, 5.41) is 2.76. The van der Waals surface area contributed by atoms with E-state index in [-0.39, 0.29) is 10.9 Å². The van der Waals surface area contributed by atoms with E-state index in [4.69, 9.17) is 4.74 Å². The Hall–Kier alpha value is -2.65. The van der Waals surface area contributed by atoms with Gasteiger partial charge in [0.15, 0.2) is 0 Å². The molecule has 0 aliphatic carbocycles. The molecule has 0 radical (unpaired) electrons. The molecule has 2 amide bonds. The summed E-state index contributed by atoms with van der Waals surface area (Å²) in [4.78, 5) is 13.9. The first-order valence-corrected chi connectivity index (χ1v) is 10.3. The number of carbonyl (C=O) groups is 1. The van der Waals surface area contributed by atoms with Crippen molar-refractivity contribution >= 4 is 27.4 Å². The minimum atomic E-state index is -3.83. The standard InChI is InChI=1S/C19H22FN3O4S/c1-13-11-15(20)3-5-17(13)22-28(25,26)16-4-6-18-14(12-16)7-9-23(18)19(24)21-8-10-27-2/h3-6,11-12,22H,7-10H2,1-2H3,(H,21,24). The number of amides is 2. The predicted molar refractivity (Wildman–Crippen MR) is 105 cm³/mol. The molecule has 1 aliphatic rings. The highest BCUT2D eigenvalue weighted by Crippen LogP contribution is 2.31. The number of hydrogen-bond donors (Lipinski definition) is 2. The van der Waals surface area contributed by atoms with Crippen molar-refractivity contribution in [3.8, 4) is 0 Å². The number of carbonyl (C=O) groups excluding carboxylic acids is 1. The molecule has 3 rings (SSSR count). The first-order valence-electron chi connectivity index (χ1n) is 8.78. The lowest BCUT2D eigenvalue weighted by atomic mass is 10.2. The fraction of sp³-hybridized carbons (Fsp3) is 0.316. The Kier molecular flexibility index (Phi) is 5.85. The zero-order valence-electron chi connectivity index (χ0n) is 15.7. The fourth-order valence-electron chi connectivity index (χ4n) is 3.06. The largest absolute Gasteiger partial charge is 0.383 e. The van der Waals surface area contributed by atoms with Crippen molar-refractivity contribution < 1.29 is 22.3 Å². The molecule has 0 fully saturated rings. The topological polar surface area (TPSA) is 87.7 Å². The highest BCUT2D eigenvalue weighted by Gasteiger charge is 2.26. The Labute approximate surface area is 163 Å². The number of methoxy groups -OCH3 is 1. The second-order valence-electron chi connectivity index (χ2n) is 6.48.